The van der Waals surface area contributed by atoms with E-state index in [1.165, 1.54) is 11.1 Å². The molecule has 0 saturated carbocycles. The standard InChI is InChI=1S/C23H23NO5/c1-14(23(27)18-6-5-15-3-2-4-16(15)11-18)29-22(26)13-28-19-8-9-20-17(12-19)7-10-21(25)24-20/h5-6,8-9,11-12,14H,2-4,7,10,13H2,1H3,(H,24,25). The second kappa shape index (κ2) is 8.07. The minimum absolute atomic E-state index is 0.00299. The summed E-state index contributed by atoms with van der Waals surface area (Å²) in [5.74, 6) is -0.290. The summed E-state index contributed by atoms with van der Waals surface area (Å²) in [4.78, 5) is 36.1. The molecule has 2 aliphatic rings. The number of carbonyl (C=O) groups excluding carboxylic acids is 3. The van der Waals surface area contributed by atoms with Crippen molar-refractivity contribution in [3.63, 3.8) is 0 Å². The molecule has 6 heteroatoms. The van der Waals surface area contributed by atoms with Crippen molar-refractivity contribution in [3.8, 4) is 5.75 Å². The van der Waals surface area contributed by atoms with Crippen LogP contribution in [0.5, 0.6) is 5.75 Å². The molecule has 2 aromatic rings. The second-order valence-electron chi connectivity index (χ2n) is 7.49. The molecule has 0 bridgehead atoms. The Morgan fingerprint density at radius 3 is 2.69 bits per heavy atom. The van der Waals surface area contributed by atoms with Gasteiger partial charge in [-0.3, -0.25) is 9.59 Å². The van der Waals surface area contributed by atoms with E-state index in [4.69, 9.17) is 9.47 Å². The molecule has 1 atom stereocenters. The first kappa shape index (κ1) is 19.2. The van der Waals surface area contributed by atoms with E-state index >= 15 is 0 Å². The summed E-state index contributed by atoms with van der Waals surface area (Å²) >= 11 is 0. The molecule has 0 spiro atoms. The highest BCUT2D eigenvalue weighted by Gasteiger charge is 2.22. The zero-order valence-corrected chi connectivity index (χ0v) is 16.3. The van der Waals surface area contributed by atoms with Crippen LogP contribution in [0.25, 0.3) is 0 Å². The number of Topliss-reactive ketones (excluding diaryl/α,β-unsaturated/α-hetero) is 1. The summed E-state index contributed by atoms with van der Waals surface area (Å²) < 4.78 is 10.8. The third kappa shape index (κ3) is 4.31. The highest BCUT2D eigenvalue weighted by molar-refractivity contribution is 6.00. The molecule has 1 aliphatic carbocycles. The van der Waals surface area contributed by atoms with Crippen molar-refractivity contribution in [1.29, 1.82) is 0 Å². The molecule has 0 radical (unpaired) electrons. The van der Waals surface area contributed by atoms with Crippen LogP contribution in [-0.4, -0.2) is 30.4 Å². The van der Waals surface area contributed by atoms with Crippen molar-refractivity contribution in [2.75, 3.05) is 11.9 Å². The van der Waals surface area contributed by atoms with Crippen molar-refractivity contribution in [2.45, 2.75) is 45.1 Å². The average Bonchev–Trinajstić information content (AvgIpc) is 3.19. The molecule has 2 aromatic carbocycles. The maximum absolute atomic E-state index is 12.6. The fourth-order valence-corrected chi connectivity index (χ4v) is 3.84. The number of ketones is 1. The van der Waals surface area contributed by atoms with Gasteiger partial charge in [-0.25, -0.2) is 4.79 Å². The van der Waals surface area contributed by atoms with Crippen molar-refractivity contribution < 1.29 is 23.9 Å². The van der Waals surface area contributed by atoms with Gasteiger partial charge >= 0.3 is 5.97 Å². The third-order valence-corrected chi connectivity index (χ3v) is 5.39. The lowest BCUT2D eigenvalue weighted by molar-refractivity contribution is -0.148. The first-order valence-corrected chi connectivity index (χ1v) is 9.90. The number of hydrogen-bond donors (Lipinski definition) is 1. The highest BCUT2D eigenvalue weighted by atomic mass is 16.6. The topological polar surface area (TPSA) is 81.7 Å². The number of fused-ring (bicyclic) bond motifs is 2. The smallest absolute Gasteiger partial charge is 0.344 e. The van der Waals surface area contributed by atoms with Crippen LogP contribution in [0.1, 0.15) is 46.8 Å². The first-order valence-electron chi connectivity index (χ1n) is 9.90. The van der Waals surface area contributed by atoms with Gasteiger partial charge in [-0.2, -0.15) is 0 Å². The number of aryl methyl sites for hydroxylation is 3. The third-order valence-electron chi connectivity index (χ3n) is 5.39. The maximum atomic E-state index is 12.6. The molecule has 150 valence electrons. The van der Waals surface area contributed by atoms with Crippen molar-refractivity contribution in [1.82, 2.24) is 0 Å². The van der Waals surface area contributed by atoms with Gasteiger partial charge in [0.1, 0.15) is 5.75 Å². The normalized spacial score (nSPS) is 15.7. The largest absolute Gasteiger partial charge is 0.482 e. The van der Waals surface area contributed by atoms with Gasteiger partial charge in [-0.15, -0.1) is 0 Å². The monoisotopic (exact) mass is 393 g/mol. The van der Waals surface area contributed by atoms with E-state index < -0.39 is 12.1 Å². The minimum atomic E-state index is -0.871. The van der Waals surface area contributed by atoms with E-state index in [0.717, 1.165) is 30.5 Å². The Kier molecular flexibility index (Phi) is 5.34. The fraction of sp³-hybridized carbons (Fsp3) is 0.348. The Balaban J connectivity index is 1.31. The van der Waals surface area contributed by atoms with Gasteiger partial charge in [-0.05, 0) is 73.6 Å². The minimum Gasteiger partial charge on any atom is -0.482 e. The van der Waals surface area contributed by atoms with E-state index in [2.05, 4.69) is 5.32 Å². The van der Waals surface area contributed by atoms with Gasteiger partial charge in [0.25, 0.3) is 0 Å². The first-order chi connectivity index (χ1) is 14.0. The van der Waals surface area contributed by atoms with Crippen LogP contribution < -0.4 is 10.1 Å². The summed E-state index contributed by atoms with van der Waals surface area (Å²) in [7, 11) is 0. The highest BCUT2D eigenvalue weighted by Crippen LogP contribution is 2.27. The van der Waals surface area contributed by atoms with Crippen LogP contribution in [0.15, 0.2) is 36.4 Å². The van der Waals surface area contributed by atoms with Crippen LogP contribution in [0.4, 0.5) is 5.69 Å². The Morgan fingerprint density at radius 1 is 1.00 bits per heavy atom. The zero-order chi connectivity index (χ0) is 20.4. The van der Waals surface area contributed by atoms with Gasteiger partial charge in [0.2, 0.25) is 11.7 Å². The van der Waals surface area contributed by atoms with Crippen LogP contribution in [0.3, 0.4) is 0 Å². The van der Waals surface area contributed by atoms with Gasteiger partial charge in [0, 0.05) is 17.7 Å². The molecule has 0 fully saturated rings. The molecule has 0 aromatic heterocycles. The van der Waals surface area contributed by atoms with Crippen LogP contribution in [0.2, 0.25) is 0 Å². The van der Waals surface area contributed by atoms with E-state index in [9.17, 15) is 14.4 Å². The van der Waals surface area contributed by atoms with Crippen LogP contribution >= 0.6 is 0 Å². The Morgan fingerprint density at radius 2 is 1.83 bits per heavy atom. The Labute approximate surface area is 169 Å². The molecule has 0 saturated heterocycles. The van der Waals surface area contributed by atoms with Gasteiger partial charge in [0.05, 0.1) is 0 Å². The number of rotatable bonds is 6. The number of carbonyl (C=O) groups is 3. The van der Waals surface area contributed by atoms with Crippen molar-refractivity contribution >= 4 is 23.3 Å². The molecule has 1 unspecified atom stereocenters. The lowest BCUT2D eigenvalue weighted by Crippen LogP contribution is -2.27. The zero-order valence-electron chi connectivity index (χ0n) is 16.3. The number of nitrogens with one attached hydrogen (secondary N) is 1. The van der Waals surface area contributed by atoms with E-state index in [1.54, 1.807) is 31.2 Å². The second-order valence-corrected chi connectivity index (χ2v) is 7.49. The van der Waals surface area contributed by atoms with Crippen molar-refractivity contribution in [3.05, 3.63) is 58.7 Å². The summed E-state index contributed by atoms with van der Waals surface area (Å²) in [6, 6.07) is 11.0. The summed E-state index contributed by atoms with van der Waals surface area (Å²) in [6.07, 6.45) is 3.35. The van der Waals surface area contributed by atoms with Gasteiger partial charge < -0.3 is 14.8 Å². The predicted octanol–water partition coefficient (Wildman–Crippen LogP) is 3.25. The number of hydrogen-bond acceptors (Lipinski definition) is 5. The number of ether oxygens (including phenoxy) is 2. The summed E-state index contributed by atoms with van der Waals surface area (Å²) in [5.41, 5.74) is 4.81. The van der Waals surface area contributed by atoms with Gasteiger partial charge in [-0.1, -0.05) is 12.1 Å². The Hall–Kier alpha value is -3.15. The van der Waals surface area contributed by atoms with Crippen LogP contribution in [-0.2, 0) is 33.6 Å². The predicted molar refractivity (Wildman–Crippen MR) is 107 cm³/mol. The molecular formula is C23H23NO5. The molecule has 4 rings (SSSR count). The molecule has 29 heavy (non-hydrogen) atoms. The van der Waals surface area contributed by atoms with Crippen LogP contribution in [0, 0.1) is 0 Å². The average molecular weight is 393 g/mol. The number of benzene rings is 2. The lowest BCUT2D eigenvalue weighted by Gasteiger charge is -2.18. The molecule has 1 heterocycles. The molecule has 1 aliphatic heterocycles. The van der Waals surface area contributed by atoms with Crippen molar-refractivity contribution in [2.24, 2.45) is 0 Å². The quantitative estimate of drug-likeness (QED) is 0.602. The van der Waals surface area contributed by atoms with Gasteiger partial charge in [0.15, 0.2) is 12.7 Å². The fourth-order valence-electron chi connectivity index (χ4n) is 3.84. The molecule has 6 nitrogen and oxygen atoms in total. The summed E-state index contributed by atoms with van der Waals surface area (Å²) in [5, 5.41) is 2.80. The lowest BCUT2D eigenvalue weighted by atomic mass is 10.0. The Bertz CT molecular complexity index is 981. The maximum Gasteiger partial charge on any atom is 0.344 e. The number of amides is 1. The number of anilines is 1. The molecule has 1 amide bonds. The molecular weight excluding hydrogens is 370 g/mol. The van der Waals surface area contributed by atoms with E-state index in [0.29, 0.717) is 24.2 Å². The molecule has 1 N–H and O–H groups in total. The SMILES string of the molecule is CC(OC(=O)COc1ccc2c(c1)CCC(=O)N2)C(=O)c1ccc2c(c1)CCC2. The van der Waals surface area contributed by atoms with E-state index in [1.807, 2.05) is 12.1 Å². The number of esters is 1. The van der Waals surface area contributed by atoms with E-state index in [-0.39, 0.29) is 18.3 Å². The summed E-state index contributed by atoms with van der Waals surface area (Å²) in [6.45, 7) is 1.29.